The molecule has 2 radical (unpaired) electrons. The van der Waals surface area contributed by atoms with E-state index in [0.717, 1.165) is 0 Å². The fourth-order valence-corrected chi connectivity index (χ4v) is 0.465. The maximum absolute atomic E-state index is 5.19. The second-order valence-corrected chi connectivity index (χ2v) is 2.37. The molecule has 0 spiro atoms. The molecule has 0 aliphatic heterocycles. The highest BCUT2D eigenvalue weighted by molar-refractivity contribution is 6.05. The molecule has 0 rings (SSSR count). The Morgan fingerprint density at radius 1 is 1.50 bits per heavy atom. The molecule has 0 fully saturated rings. The van der Waals surface area contributed by atoms with Gasteiger partial charge in [-0.25, -0.2) is 0 Å². The molecule has 0 saturated heterocycles. The minimum absolute atomic E-state index is 0.0608. The molecule has 0 aromatic rings. The summed E-state index contributed by atoms with van der Waals surface area (Å²) in [7, 11) is 5.19. The van der Waals surface area contributed by atoms with E-state index in [2.05, 4.69) is 5.23 Å². The van der Waals surface area contributed by atoms with Gasteiger partial charge in [0, 0.05) is 5.54 Å². The lowest BCUT2D eigenvalue weighted by atomic mass is 10.0. The monoisotopic (exact) mass is 109 g/mol. The topological polar surface area (TPSA) is 12.0 Å². The van der Waals surface area contributed by atoms with Crippen LogP contribution < -0.4 is 5.23 Å². The Hall–Kier alpha value is -0.235. The van der Waals surface area contributed by atoms with Crippen molar-refractivity contribution < 1.29 is 0 Å². The first kappa shape index (κ1) is 7.76. The summed E-state index contributed by atoms with van der Waals surface area (Å²) < 4.78 is 0. The first-order valence-electron chi connectivity index (χ1n) is 2.74. The molecule has 0 bridgehead atoms. The number of nitrogens with one attached hydrogen (secondary N) is 1. The van der Waals surface area contributed by atoms with Gasteiger partial charge in [0.1, 0.15) is 0 Å². The molecule has 0 aromatic heterocycles. The van der Waals surface area contributed by atoms with Crippen LogP contribution in [0.25, 0.3) is 0 Å². The third kappa shape index (κ3) is 2.86. The predicted octanol–water partition coefficient (Wildman–Crippen LogP) is 1.01. The molecule has 0 atom stereocenters. The number of hydrogen-bond donors (Lipinski definition) is 1. The van der Waals surface area contributed by atoms with Crippen molar-refractivity contribution in [2.24, 2.45) is 0 Å². The third-order valence-corrected chi connectivity index (χ3v) is 0.955. The van der Waals surface area contributed by atoms with Crippen LogP contribution in [0.2, 0.25) is 0 Å². The van der Waals surface area contributed by atoms with Crippen molar-refractivity contribution in [1.29, 1.82) is 0 Å². The van der Waals surface area contributed by atoms with Gasteiger partial charge in [-0.1, -0.05) is 12.2 Å². The van der Waals surface area contributed by atoms with Crippen LogP contribution in [0.15, 0.2) is 12.2 Å². The highest BCUT2D eigenvalue weighted by Crippen LogP contribution is 2.00. The minimum Gasteiger partial charge on any atom is -0.359 e. The number of allylic oxidation sites excluding steroid dienone is 1. The normalized spacial score (nSPS) is 12.9. The van der Waals surface area contributed by atoms with Gasteiger partial charge in [0.2, 0.25) is 0 Å². The molecular formula is C6H12BN. The Labute approximate surface area is 52.6 Å². The molecule has 0 aromatic carbocycles. The molecule has 1 nitrogen and oxygen atoms in total. The summed E-state index contributed by atoms with van der Waals surface area (Å²) in [5, 5.41) is 2.66. The number of hydrogen-bond acceptors (Lipinski definition) is 1. The molecule has 0 unspecified atom stereocenters. The van der Waals surface area contributed by atoms with Crippen LogP contribution in [-0.2, 0) is 0 Å². The van der Waals surface area contributed by atoms with Crippen LogP contribution in [0.4, 0.5) is 0 Å². The molecule has 44 valence electrons. The van der Waals surface area contributed by atoms with E-state index < -0.39 is 0 Å². The Kier molecular flexibility index (Phi) is 2.84. The number of rotatable bonds is 2. The van der Waals surface area contributed by atoms with Crippen molar-refractivity contribution in [2.75, 3.05) is 0 Å². The van der Waals surface area contributed by atoms with E-state index >= 15 is 0 Å². The minimum atomic E-state index is -0.0608. The van der Waals surface area contributed by atoms with Gasteiger partial charge in [-0.05, 0) is 20.8 Å². The zero-order chi connectivity index (χ0) is 6.62. The fourth-order valence-electron chi connectivity index (χ4n) is 0.465. The first-order valence-corrected chi connectivity index (χ1v) is 2.74. The molecule has 0 aliphatic rings. The van der Waals surface area contributed by atoms with E-state index in [9.17, 15) is 0 Å². The smallest absolute Gasteiger partial charge is 0.178 e. The SMILES string of the molecule is [B]NC(C)(C)C=CC. The first-order chi connectivity index (χ1) is 3.62. The van der Waals surface area contributed by atoms with Gasteiger partial charge in [-0.3, -0.25) is 0 Å². The quantitative estimate of drug-likeness (QED) is 0.412. The van der Waals surface area contributed by atoms with Crippen molar-refractivity contribution in [3.63, 3.8) is 0 Å². The summed E-state index contributed by atoms with van der Waals surface area (Å²) in [6.45, 7) is 5.99. The Morgan fingerprint density at radius 3 is 2.12 bits per heavy atom. The molecule has 8 heavy (non-hydrogen) atoms. The lowest BCUT2D eigenvalue weighted by Crippen LogP contribution is -2.34. The van der Waals surface area contributed by atoms with Crippen LogP contribution in [-0.4, -0.2) is 13.5 Å². The van der Waals surface area contributed by atoms with Gasteiger partial charge in [-0.2, -0.15) is 0 Å². The van der Waals surface area contributed by atoms with Crippen molar-refractivity contribution in [3.05, 3.63) is 12.2 Å². The highest BCUT2D eigenvalue weighted by Gasteiger charge is 2.06. The van der Waals surface area contributed by atoms with E-state index in [-0.39, 0.29) is 5.54 Å². The maximum Gasteiger partial charge on any atom is 0.178 e. The molecule has 1 N–H and O–H groups in total. The zero-order valence-electron chi connectivity index (χ0n) is 5.73. The van der Waals surface area contributed by atoms with Gasteiger partial charge in [0.25, 0.3) is 0 Å². The van der Waals surface area contributed by atoms with Gasteiger partial charge in [-0.15, -0.1) is 0 Å². The lowest BCUT2D eigenvalue weighted by Gasteiger charge is -2.18. The van der Waals surface area contributed by atoms with Gasteiger partial charge in [0.15, 0.2) is 7.98 Å². The Morgan fingerprint density at radius 2 is 2.00 bits per heavy atom. The van der Waals surface area contributed by atoms with Crippen molar-refractivity contribution >= 4 is 7.98 Å². The highest BCUT2D eigenvalue weighted by atomic mass is 14.8. The predicted molar refractivity (Wildman–Crippen MR) is 37.8 cm³/mol. The summed E-state index contributed by atoms with van der Waals surface area (Å²) in [5.41, 5.74) is -0.0608. The average molecular weight is 109 g/mol. The van der Waals surface area contributed by atoms with Gasteiger partial charge < -0.3 is 5.23 Å². The van der Waals surface area contributed by atoms with Crippen LogP contribution in [0, 0.1) is 0 Å². The Balaban J connectivity index is 3.71. The molecule has 0 heterocycles. The second kappa shape index (κ2) is 2.93. The van der Waals surface area contributed by atoms with Crippen molar-refractivity contribution in [1.82, 2.24) is 5.23 Å². The fraction of sp³-hybridized carbons (Fsp3) is 0.667. The Bertz CT molecular complexity index is 86.5. The average Bonchev–Trinajstić information content (AvgIpc) is 1.67. The zero-order valence-corrected chi connectivity index (χ0v) is 5.73. The molecule has 0 aliphatic carbocycles. The molecule has 0 amide bonds. The molecule has 0 saturated carbocycles. The molecule has 2 heteroatoms. The van der Waals surface area contributed by atoms with E-state index in [1.165, 1.54) is 0 Å². The summed E-state index contributed by atoms with van der Waals surface area (Å²) in [6.07, 6.45) is 3.98. The van der Waals surface area contributed by atoms with Gasteiger partial charge >= 0.3 is 0 Å². The van der Waals surface area contributed by atoms with Gasteiger partial charge in [0.05, 0.1) is 0 Å². The standard InChI is InChI=1S/C6H12BN/c1-4-5-6(2,3)8-7/h4-5,8H,1-3H3. The maximum atomic E-state index is 5.19. The van der Waals surface area contributed by atoms with E-state index in [1.54, 1.807) is 0 Å². The van der Waals surface area contributed by atoms with Crippen LogP contribution >= 0.6 is 0 Å². The van der Waals surface area contributed by atoms with Crippen LogP contribution in [0.1, 0.15) is 20.8 Å². The lowest BCUT2D eigenvalue weighted by molar-refractivity contribution is 0.595. The van der Waals surface area contributed by atoms with E-state index in [4.69, 9.17) is 7.98 Å². The van der Waals surface area contributed by atoms with E-state index in [0.29, 0.717) is 0 Å². The van der Waals surface area contributed by atoms with Crippen LogP contribution in [0.5, 0.6) is 0 Å². The largest absolute Gasteiger partial charge is 0.359 e. The summed E-state index contributed by atoms with van der Waals surface area (Å²) in [5.74, 6) is 0. The summed E-state index contributed by atoms with van der Waals surface area (Å²) in [6, 6.07) is 0. The van der Waals surface area contributed by atoms with Crippen LogP contribution in [0.3, 0.4) is 0 Å². The van der Waals surface area contributed by atoms with E-state index in [1.807, 2.05) is 32.9 Å². The van der Waals surface area contributed by atoms with Crippen molar-refractivity contribution in [3.8, 4) is 0 Å². The summed E-state index contributed by atoms with van der Waals surface area (Å²) in [4.78, 5) is 0. The third-order valence-electron chi connectivity index (χ3n) is 0.955. The van der Waals surface area contributed by atoms with Crippen molar-refractivity contribution in [2.45, 2.75) is 26.3 Å². The summed E-state index contributed by atoms with van der Waals surface area (Å²) >= 11 is 0. The molecular weight excluding hydrogens is 96.9 g/mol. The second-order valence-electron chi connectivity index (χ2n) is 2.37.